The maximum atomic E-state index is 6.39. The molecule has 0 fully saturated rings. The summed E-state index contributed by atoms with van der Waals surface area (Å²) in [5, 5.41) is 3.38. The second-order valence-electron chi connectivity index (χ2n) is 6.19. The number of hydrogen-bond donors (Lipinski definition) is 0. The number of halogens is 6. The lowest BCUT2D eigenvalue weighted by molar-refractivity contribution is 0.541. The predicted molar refractivity (Wildman–Crippen MR) is 118 cm³/mol. The minimum absolute atomic E-state index is 0.292. The fourth-order valence-corrected chi connectivity index (χ4v) is 4.49. The summed E-state index contributed by atoms with van der Waals surface area (Å²) in [6.45, 7) is 3.98. The van der Waals surface area contributed by atoms with Crippen LogP contribution in [0.5, 0.6) is 0 Å². The minimum Gasteiger partial charge on any atom is -0.0840 e. The lowest BCUT2D eigenvalue weighted by Gasteiger charge is -2.19. The van der Waals surface area contributed by atoms with Crippen LogP contribution in [0.2, 0.25) is 30.1 Å². The first-order valence-electron chi connectivity index (χ1n) is 8.41. The highest BCUT2D eigenvalue weighted by molar-refractivity contribution is 6.44. The van der Waals surface area contributed by atoms with Crippen molar-refractivity contribution in [3.05, 3.63) is 72.5 Å². The third kappa shape index (κ3) is 5.84. The molecule has 0 aliphatic carbocycles. The van der Waals surface area contributed by atoms with Crippen molar-refractivity contribution in [2.45, 2.75) is 44.4 Å². The van der Waals surface area contributed by atoms with E-state index in [9.17, 15) is 0 Å². The van der Waals surface area contributed by atoms with Crippen molar-refractivity contribution >= 4 is 69.6 Å². The lowest BCUT2D eigenvalue weighted by Crippen LogP contribution is -2.01. The number of benzene rings is 2. The number of hydrogen-bond acceptors (Lipinski definition) is 0. The summed E-state index contributed by atoms with van der Waals surface area (Å²) in [6, 6.07) is 7.08. The highest BCUT2D eigenvalue weighted by Gasteiger charge is 2.17. The van der Waals surface area contributed by atoms with Gasteiger partial charge in [0.25, 0.3) is 0 Å². The van der Waals surface area contributed by atoms with Gasteiger partial charge in [0, 0.05) is 10.0 Å². The van der Waals surface area contributed by atoms with Crippen LogP contribution in [0.25, 0.3) is 0 Å². The molecular formula is C20H19Cl6. The average Bonchev–Trinajstić information content (AvgIpc) is 2.60. The van der Waals surface area contributed by atoms with E-state index >= 15 is 0 Å². The molecule has 2 rings (SSSR count). The molecular weight excluding hydrogens is 453 g/mol. The Labute approximate surface area is 185 Å². The van der Waals surface area contributed by atoms with Gasteiger partial charge in [-0.25, -0.2) is 0 Å². The smallest absolute Gasteiger partial charge is 0.0639 e. The zero-order valence-corrected chi connectivity index (χ0v) is 18.6. The maximum Gasteiger partial charge on any atom is 0.0639 e. The molecule has 0 spiro atoms. The van der Waals surface area contributed by atoms with Crippen LogP contribution in [-0.2, 0) is 6.42 Å². The zero-order chi connectivity index (χ0) is 19.3. The molecule has 0 aliphatic rings. The van der Waals surface area contributed by atoms with Gasteiger partial charge in [-0.05, 0) is 67.0 Å². The van der Waals surface area contributed by atoms with Gasteiger partial charge in [0.1, 0.15) is 0 Å². The molecule has 6 heteroatoms. The molecule has 0 N–H and O–H groups in total. The van der Waals surface area contributed by atoms with E-state index in [2.05, 4.69) is 6.92 Å². The third-order valence-electron chi connectivity index (χ3n) is 4.40. The van der Waals surface area contributed by atoms with E-state index < -0.39 is 0 Å². The van der Waals surface area contributed by atoms with Gasteiger partial charge in [-0.1, -0.05) is 89.4 Å². The third-order valence-corrected chi connectivity index (χ3v) is 6.65. The van der Waals surface area contributed by atoms with Crippen LogP contribution >= 0.6 is 69.6 Å². The van der Waals surface area contributed by atoms with Crippen LogP contribution in [-0.4, -0.2) is 0 Å². The molecule has 0 amide bonds. The second kappa shape index (κ2) is 10.6. The van der Waals surface area contributed by atoms with E-state index in [4.69, 9.17) is 69.6 Å². The van der Waals surface area contributed by atoms with Gasteiger partial charge in [0.2, 0.25) is 0 Å². The van der Waals surface area contributed by atoms with Crippen molar-refractivity contribution in [1.29, 1.82) is 0 Å². The summed E-state index contributed by atoms with van der Waals surface area (Å²) in [6.07, 6.45) is 5.48. The van der Waals surface area contributed by atoms with Crippen LogP contribution in [0.1, 0.15) is 49.1 Å². The van der Waals surface area contributed by atoms with E-state index in [-0.39, 0.29) is 0 Å². The summed E-state index contributed by atoms with van der Waals surface area (Å²) in [7, 11) is 0. The van der Waals surface area contributed by atoms with Gasteiger partial charge in [-0.15, -0.1) is 0 Å². The molecule has 1 unspecified atom stereocenters. The van der Waals surface area contributed by atoms with Gasteiger partial charge >= 0.3 is 0 Å². The Morgan fingerprint density at radius 2 is 1.38 bits per heavy atom. The number of unbranched alkanes of at least 4 members (excludes halogenated alkanes) is 1. The molecule has 0 nitrogen and oxygen atoms in total. The Bertz CT molecular complexity index is 756. The molecule has 1 radical (unpaired) electrons. The van der Waals surface area contributed by atoms with Gasteiger partial charge in [-0.2, -0.15) is 0 Å². The molecule has 141 valence electrons. The summed E-state index contributed by atoms with van der Waals surface area (Å²) < 4.78 is 0. The molecule has 0 heterocycles. The van der Waals surface area contributed by atoms with Gasteiger partial charge < -0.3 is 0 Å². The maximum absolute atomic E-state index is 6.39. The van der Waals surface area contributed by atoms with Crippen LogP contribution < -0.4 is 0 Å². The highest BCUT2D eigenvalue weighted by atomic mass is 35.5. The summed E-state index contributed by atoms with van der Waals surface area (Å²) in [4.78, 5) is 0. The second-order valence-corrected chi connectivity index (χ2v) is 8.61. The van der Waals surface area contributed by atoms with Crippen LogP contribution in [0.3, 0.4) is 0 Å². The van der Waals surface area contributed by atoms with Crippen LogP contribution in [0, 0.1) is 6.92 Å². The Morgan fingerprint density at radius 3 is 2.08 bits per heavy atom. The standard InChI is InChI=1S/C20H19Cl6/c1-2-5-12(14-10-18(24)19(25)11-17(14)23)6-3-4-7-13-15(21)8-9-16(22)20(13)26/h8-12H,1-7H2. The van der Waals surface area contributed by atoms with Crippen molar-refractivity contribution in [1.82, 2.24) is 0 Å². The fourth-order valence-electron chi connectivity index (χ4n) is 3.04. The van der Waals surface area contributed by atoms with Gasteiger partial charge in [0.15, 0.2) is 0 Å². The first-order chi connectivity index (χ1) is 12.3. The average molecular weight is 472 g/mol. The molecule has 0 aromatic heterocycles. The Morgan fingerprint density at radius 1 is 0.731 bits per heavy atom. The molecule has 0 saturated carbocycles. The van der Waals surface area contributed by atoms with Crippen molar-refractivity contribution < 1.29 is 0 Å². The molecule has 0 saturated heterocycles. The zero-order valence-electron chi connectivity index (χ0n) is 14.1. The van der Waals surface area contributed by atoms with E-state index in [1.54, 1.807) is 18.2 Å². The van der Waals surface area contributed by atoms with E-state index in [1.807, 2.05) is 6.07 Å². The molecule has 1 atom stereocenters. The molecule has 2 aromatic rings. The summed E-state index contributed by atoms with van der Waals surface area (Å²) in [5.41, 5.74) is 1.94. The number of rotatable bonds is 8. The van der Waals surface area contributed by atoms with Gasteiger partial charge in [0.05, 0.1) is 20.1 Å². The SMILES string of the molecule is [CH2]CCC(CCCCc1c(Cl)ccc(Cl)c1Cl)c1cc(Cl)c(Cl)cc1Cl. The summed E-state index contributed by atoms with van der Waals surface area (Å²) in [5.74, 6) is 0.292. The topological polar surface area (TPSA) is 0 Å². The first-order valence-corrected chi connectivity index (χ1v) is 10.7. The van der Waals surface area contributed by atoms with Crippen LogP contribution in [0.4, 0.5) is 0 Å². The van der Waals surface area contributed by atoms with Crippen molar-refractivity contribution in [2.24, 2.45) is 0 Å². The predicted octanol–water partition coefficient (Wildman–Crippen LogP) is 9.72. The fraction of sp³-hybridized carbons (Fsp3) is 0.350. The Kier molecular flexibility index (Phi) is 9.20. The molecule has 0 aliphatic heterocycles. The Hall–Kier alpha value is 0.180. The van der Waals surface area contributed by atoms with Crippen LogP contribution in [0.15, 0.2) is 24.3 Å². The van der Waals surface area contributed by atoms with Gasteiger partial charge in [-0.3, -0.25) is 0 Å². The molecule has 2 aromatic carbocycles. The van der Waals surface area contributed by atoms with E-state index in [1.165, 1.54) is 0 Å². The summed E-state index contributed by atoms with van der Waals surface area (Å²) >= 11 is 37.2. The normalized spacial score (nSPS) is 12.4. The minimum atomic E-state index is 0.292. The Balaban J connectivity index is 2.02. The molecule has 26 heavy (non-hydrogen) atoms. The molecule has 0 bridgehead atoms. The lowest BCUT2D eigenvalue weighted by atomic mass is 9.89. The first kappa shape index (κ1) is 22.5. The highest BCUT2D eigenvalue weighted by Crippen LogP contribution is 2.38. The largest absolute Gasteiger partial charge is 0.0840 e. The van der Waals surface area contributed by atoms with E-state index in [0.29, 0.717) is 36.1 Å². The monoisotopic (exact) mass is 469 g/mol. The van der Waals surface area contributed by atoms with E-state index in [0.717, 1.165) is 49.7 Å². The van der Waals surface area contributed by atoms with Crippen molar-refractivity contribution in [2.75, 3.05) is 0 Å². The quantitative estimate of drug-likeness (QED) is 0.265. The van der Waals surface area contributed by atoms with Crippen molar-refractivity contribution in [3.8, 4) is 0 Å². The van der Waals surface area contributed by atoms with Crippen molar-refractivity contribution in [3.63, 3.8) is 0 Å².